The first-order valence-electron chi connectivity index (χ1n) is 21.3. The molecule has 0 atom stereocenters. The summed E-state index contributed by atoms with van der Waals surface area (Å²) in [6.45, 7) is 0. The molecule has 6 nitrogen and oxygen atoms in total. The SMILES string of the molecule is c1ccc(-c2nc(-c3ccccc3)nc(-c3ccc(-n4c5ccccc5c5c6c(c7ccccc7n6-c6ccccc6)c6c(c7ccccc7n6-c6ccccc6)c54)cc3)n2)cc1. The number of benzene rings is 9. The summed E-state index contributed by atoms with van der Waals surface area (Å²) in [6.07, 6.45) is 0. The van der Waals surface area contributed by atoms with Gasteiger partial charge in [-0.15, -0.1) is 0 Å². The van der Waals surface area contributed by atoms with Crippen molar-refractivity contribution in [2.24, 2.45) is 0 Å². The molecule has 0 saturated heterocycles. The Labute approximate surface area is 362 Å². The summed E-state index contributed by atoms with van der Waals surface area (Å²) >= 11 is 0. The fraction of sp³-hybridized carbons (Fsp3) is 0. The van der Waals surface area contributed by atoms with Crippen molar-refractivity contribution < 1.29 is 0 Å². The minimum absolute atomic E-state index is 0.624. The maximum atomic E-state index is 5.06. The predicted molar refractivity (Wildman–Crippen MR) is 259 cm³/mol. The van der Waals surface area contributed by atoms with E-state index in [0.29, 0.717) is 17.5 Å². The van der Waals surface area contributed by atoms with Gasteiger partial charge in [-0.2, -0.15) is 0 Å². The first-order chi connectivity index (χ1) is 31.3. The molecule has 0 aliphatic rings. The molecule has 63 heavy (non-hydrogen) atoms. The fourth-order valence-electron chi connectivity index (χ4n) is 9.81. The Morgan fingerprint density at radius 3 is 0.857 bits per heavy atom. The van der Waals surface area contributed by atoms with Crippen LogP contribution in [0.1, 0.15) is 0 Å². The third-order valence-corrected chi connectivity index (χ3v) is 12.4. The maximum Gasteiger partial charge on any atom is 0.164 e. The van der Waals surface area contributed by atoms with Crippen molar-refractivity contribution in [1.82, 2.24) is 28.7 Å². The van der Waals surface area contributed by atoms with Crippen molar-refractivity contribution >= 4 is 65.4 Å². The number of aromatic nitrogens is 6. The Morgan fingerprint density at radius 1 is 0.238 bits per heavy atom. The highest BCUT2D eigenvalue weighted by Gasteiger charge is 2.28. The van der Waals surface area contributed by atoms with Gasteiger partial charge in [-0.1, -0.05) is 152 Å². The third kappa shape index (κ3) is 5.35. The van der Waals surface area contributed by atoms with Crippen LogP contribution in [-0.2, 0) is 0 Å². The van der Waals surface area contributed by atoms with E-state index in [4.69, 9.17) is 15.0 Å². The van der Waals surface area contributed by atoms with Gasteiger partial charge in [0.05, 0.1) is 33.1 Å². The Morgan fingerprint density at radius 2 is 0.508 bits per heavy atom. The summed E-state index contributed by atoms with van der Waals surface area (Å²) in [5.41, 5.74) is 13.1. The smallest absolute Gasteiger partial charge is 0.164 e. The lowest BCUT2D eigenvalue weighted by Gasteiger charge is -2.14. The molecule has 13 aromatic rings. The van der Waals surface area contributed by atoms with Crippen LogP contribution in [0.2, 0.25) is 0 Å². The number of para-hydroxylation sites is 5. The van der Waals surface area contributed by atoms with E-state index in [-0.39, 0.29) is 0 Å². The molecular formula is C57H36N6. The van der Waals surface area contributed by atoms with Gasteiger partial charge in [-0.3, -0.25) is 0 Å². The topological polar surface area (TPSA) is 53.5 Å². The van der Waals surface area contributed by atoms with Gasteiger partial charge in [-0.05, 0) is 66.7 Å². The molecule has 294 valence electrons. The van der Waals surface area contributed by atoms with E-state index in [1.807, 2.05) is 60.7 Å². The molecule has 0 fully saturated rings. The number of nitrogens with zero attached hydrogens (tertiary/aromatic N) is 6. The van der Waals surface area contributed by atoms with Crippen LogP contribution in [0.3, 0.4) is 0 Å². The van der Waals surface area contributed by atoms with Crippen LogP contribution in [0.15, 0.2) is 218 Å². The number of rotatable bonds is 6. The fourth-order valence-corrected chi connectivity index (χ4v) is 9.81. The van der Waals surface area contributed by atoms with Crippen molar-refractivity contribution in [2.75, 3.05) is 0 Å². The number of fused-ring (bicyclic) bond motifs is 12. The molecule has 0 N–H and O–H groups in total. The monoisotopic (exact) mass is 804 g/mol. The van der Waals surface area contributed by atoms with E-state index < -0.39 is 0 Å². The number of hydrogen-bond acceptors (Lipinski definition) is 3. The molecule has 0 aliphatic carbocycles. The van der Waals surface area contributed by atoms with E-state index in [9.17, 15) is 0 Å². The summed E-state index contributed by atoms with van der Waals surface area (Å²) in [6, 6.07) is 77.3. The molecule has 0 spiro atoms. The zero-order valence-electron chi connectivity index (χ0n) is 34.0. The van der Waals surface area contributed by atoms with Crippen molar-refractivity contribution in [1.29, 1.82) is 0 Å². The summed E-state index contributed by atoms with van der Waals surface area (Å²) < 4.78 is 7.44. The van der Waals surface area contributed by atoms with Crippen LogP contribution in [0.5, 0.6) is 0 Å². The molecule has 0 amide bonds. The minimum atomic E-state index is 0.624. The molecule has 0 saturated carbocycles. The second-order valence-electron chi connectivity index (χ2n) is 16.0. The highest BCUT2D eigenvalue weighted by atomic mass is 15.1. The van der Waals surface area contributed by atoms with Gasteiger partial charge in [-0.25, -0.2) is 15.0 Å². The lowest BCUT2D eigenvalue weighted by molar-refractivity contribution is 1.07. The normalized spacial score (nSPS) is 11.8. The van der Waals surface area contributed by atoms with Crippen LogP contribution in [-0.4, -0.2) is 28.7 Å². The van der Waals surface area contributed by atoms with Crippen LogP contribution in [0, 0.1) is 0 Å². The van der Waals surface area contributed by atoms with Gasteiger partial charge in [0, 0.05) is 66.1 Å². The van der Waals surface area contributed by atoms with Gasteiger partial charge in [0.15, 0.2) is 17.5 Å². The molecular weight excluding hydrogens is 769 g/mol. The highest BCUT2D eigenvalue weighted by Crippen LogP contribution is 2.50. The van der Waals surface area contributed by atoms with Crippen molar-refractivity contribution in [3.8, 4) is 51.2 Å². The Balaban J connectivity index is 1.16. The van der Waals surface area contributed by atoms with Crippen molar-refractivity contribution in [3.05, 3.63) is 218 Å². The first-order valence-corrected chi connectivity index (χ1v) is 21.3. The molecule has 9 aromatic carbocycles. The summed E-state index contributed by atoms with van der Waals surface area (Å²) in [7, 11) is 0. The van der Waals surface area contributed by atoms with Gasteiger partial charge in [0.2, 0.25) is 0 Å². The molecule has 4 heterocycles. The summed E-state index contributed by atoms with van der Waals surface area (Å²) in [5, 5.41) is 7.27. The molecule has 0 radical (unpaired) electrons. The lowest BCUT2D eigenvalue weighted by atomic mass is 10.0. The van der Waals surface area contributed by atoms with Gasteiger partial charge < -0.3 is 13.7 Å². The zero-order chi connectivity index (χ0) is 41.4. The lowest BCUT2D eigenvalue weighted by Crippen LogP contribution is -2.00. The van der Waals surface area contributed by atoms with Gasteiger partial charge >= 0.3 is 0 Å². The second-order valence-corrected chi connectivity index (χ2v) is 16.0. The van der Waals surface area contributed by atoms with Gasteiger partial charge in [0.25, 0.3) is 0 Å². The van der Waals surface area contributed by atoms with Crippen LogP contribution < -0.4 is 0 Å². The van der Waals surface area contributed by atoms with Crippen molar-refractivity contribution in [2.45, 2.75) is 0 Å². The Hall–Kier alpha value is -8.61. The van der Waals surface area contributed by atoms with E-state index in [0.717, 1.165) is 50.3 Å². The molecule has 4 aromatic heterocycles. The number of hydrogen-bond donors (Lipinski definition) is 0. The van der Waals surface area contributed by atoms with E-state index in [2.05, 4.69) is 171 Å². The van der Waals surface area contributed by atoms with Crippen LogP contribution in [0.25, 0.3) is 117 Å². The Kier molecular flexibility index (Phi) is 7.80. The quantitative estimate of drug-likeness (QED) is 0.168. The first kappa shape index (κ1) is 35.2. The van der Waals surface area contributed by atoms with Crippen LogP contribution >= 0.6 is 0 Å². The molecule has 6 heteroatoms. The molecule has 0 aliphatic heterocycles. The van der Waals surface area contributed by atoms with E-state index in [1.54, 1.807) is 0 Å². The zero-order valence-corrected chi connectivity index (χ0v) is 34.0. The molecule has 0 unspecified atom stereocenters. The minimum Gasteiger partial charge on any atom is -0.308 e. The summed E-state index contributed by atoms with van der Waals surface area (Å²) in [4.78, 5) is 15.1. The molecule has 0 bridgehead atoms. The highest BCUT2D eigenvalue weighted by molar-refractivity contribution is 6.40. The summed E-state index contributed by atoms with van der Waals surface area (Å²) in [5.74, 6) is 1.90. The van der Waals surface area contributed by atoms with E-state index in [1.165, 1.54) is 48.9 Å². The van der Waals surface area contributed by atoms with Crippen molar-refractivity contribution in [3.63, 3.8) is 0 Å². The predicted octanol–water partition coefficient (Wildman–Crippen LogP) is 14.2. The average molecular weight is 805 g/mol. The standard InChI is InChI=1S/C57H36N6/c1-5-19-37(20-6-1)55-58-56(38-21-7-2-8-22-38)60-57(59-55)39-33-35-42(36-34-39)63-48-32-18-15-29-45(48)51-53-49(43-27-13-16-30-46(43)61(53)40-23-9-3-10-24-40)52-50(54(51)63)44-28-14-17-31-47(44)62(52)41-25-11-4-12-26-41/h1-36H. The second kappa shape index (κ2) is 14.0. The van der Waals surface area contributed by atoms with E-state index >= 15 is 0 Å². The largest absolute Gasteiger partial charge is 0.308 e. The third-order valence-electron chi connectivity index (χ3n) is 12.4. The average Bonchev–Trinajstić information content (AvgIpc) is 4.01. The maximum absolute atomic E-state index is 5.06. The van der Waals surface area contributed by atoms with Gasteiger partial charge in [0.1, 0.15) is 0 Å². The molecule has 13 rings (SSSR count). The van der Waals surface area contributed by atoms with Crippen LogP contribution in [0.4, 0.5) is 0 Å². The Bertz CT molecular complexity index is 3740.